The Labute approximate surface area is 127 Å². The fourth-order valence-electron chi connectivity index (χ4n) is 3.10. The van der Waals surface area contributed by atoms with Gasteiger partial charge >= 0.3 is 0 Å². The molecule has 3 nitrogen and oxygen atoms in total. The molecule has 3 heteroatoms. The molecule has 21 heavy (non-hydrogen) atoms. The van der Waals surface area contributed by atoms with Gasteiger partial charge in [0.25, 0.3) is 0 Å². The van der Waals surface area contributed by atoms with Crippen molar-refractivity contribution in [1.82, 2.24) is 10.2 Å². The molecule has 1 aliphatic heterocycles. The minimum Gasteiger partial charge on any atom is -0.468 e. The van der Waals surface area contributed by atoms with Crippen LogP contribution in [0.3, 0.4) is 0 Å². The third kappa shape index (κ3) is 3.55. The lowest BCUT2D eigenvalue weighted by Crippen LogP contribution is -2.21. The maximum Gasteiger partial charge on any atom is 0.122 e. The highest BCUT2D eigenvalue weighted by Gasteiger charge is 2.24. The Kier molecular flexibility index (Phi) is 4.73. The van der Waals surface area contributed by atoms with Crippen molar-refractivity contribution in [3.05, 3.63) is 59.5 Å². The number of hydrogen-bond acceptors (Lipinski definition) is 3. The molecule has 1 saturated heterocycles. The Hall–Kier alpha value is -1.58. The van der Waals surface area contributed by atoms with Crippen molar-refractivity contribution in [2.24, 2.45) is 0 Å². The second-order valence-corrected chi connectivity index (χ2v) is 5.78. The molecule has 0 aliphatic carbocycles. The molecule has 0 bridgehead atoms. The molecule has 1 aromatic heterocycles. The van der Waals surface area contributed by atoms with Gasteiger partial charge in [-0.25, -0.2) is 0 Å². The van der Waals surface area contributed by atoms with Crippen molar-refractivity contribution < 1.29 is 4.42 Å². The maximum atomic E-state index is 5.68. The van der Waals surface area contributed by atoms with Gasteiger partial charge in [0.2, 0.25) is 0 Å². The molecule has 1 N–H and O–H groups in total. The molecule has 1 atom stereocenters. The first kappa shape index (κ1) is 14.4. The Balaban J connectivity index is 1.59. The van der Waals surface area contributed by atoms with Crippen LogP contribution >= 0.6 is 0 Å². The van der Waals surface area contributed by atoms with Gasteiger partial charge < -0.3 is 9.73 Å². The molecule has 0 radical (unpaired) electrons. The van der Waals surface area contributed by atoms with E-state index >= 15 is 0 Å². The fraction of sp³-hybridized carbons (Fsp3) is 0.444. The number of nitrogens with zero attached hydrogens (tertiary/aromatic N) is 1. The Morgan fingerprint density at radius 1 is 1.24 bits per heavy atom. The van der Waals surface area contributed by atoms with E-state index in [-0.39, 0.29) is 0 Å². The van der Waals surface area contributed by atoms with Crippen LogP contribution in [0.2, 0.25) is 0 Å². The first-order valence-corrected chi connectivity index (χ1v) is 7.90. The Morgan fingerprint density at radius 2 is 2.10 bits per heavy atom. The van der Waals surface area contributed by atoms with Crippen LogP contribution in [0.25, 0.3) is 0 Å². The second-order valence-electron chi connectivity index (χ2n) is 5.78. The highest BCUT2D eigenvalue weighted by atomic mass is 16.3. The Bertz CT molecular complexity index is 549. The normalized spacial score (nSPS) is 19.2. The zero-order valence-corrected chi connectivity index (χ0v) is 12.7. The quantitative estimate of drug-likeness (QED) is 0.881. The molecule has 0 saturated carbocycles. The van der Waals surface area contributed by atoms with E-state index in [1.807, 2.05) is 6.26 Å². The molecule has 112 valence electrons. The van der Waals surface area contributed by atoms with Crippen molar-refractivity contribution in [2.75, 3.05) is 19.6 Å². The van der Waals surface area contributed by atoms with Crippen LogP contribution in [-0.4, -0.2) is 24.5 Å². The van der Waals surface area contributed by atoms with E-state index in [2.05, 4.69) is 53.5 Å². The molecule has 2 aromatic rings. The topological polar surface area (TPSA) is 28.4 Å². The van der Waals surface area contributed by atoms with Crippen LogP contribution in [0.5, 0.6) is 0 Å². The number of benzene rings is 1. The largest absolute Gasteiger partial charge is 0.468 e. The summed E-state index contributed by atoms with van der Waals surface area (Å²) in [5.74, 6) is 1.78. The van der Waals surface area contributed by atoms with Gasteiger partial charge in [-0.05, 0) is 37.1 Å². The van der Waals surface area contributed by atoms with Gasteiger partial charge in [0, 0.05) is 18.7 Å². The molecular formula is C18H24N2O. The predicted octanol–water partition coefficient (Wildman–Crippen LogP) is 3.38. The van der Waals surface area contributed by atoms with Gasteiger partial charge in [0.05, 0.1) is 12.8 Å². The summed E-state index contributed by atoms with van der Waals surface area (Å²) in [5.41, 5.74) is 2.76. The standard InChI is InChI=1S/C18H24N2O/c1-2-19-12-16-9-11-21-18(16)14-20-10-8-17(13-20)15-6-4-3-5-7-15/h3-7,9,11,17,19H,2,8,10,12-14H2,1H3. The van der Waals surface area contributed by atoms with Crippen LogP contribution in [0, 0.1) is 0 Å². The van der Waals surface area contributed by atoms with Crippen LogP contribution in [0.1, 0.15) is 36.1 Å². The summed E-state index contributed by atoms with van der Waals surface area (Å²) < 4.78 is 5.68. The van der Waals surface area contributed by atoms with Crippen molar-refractivity contribution >= 4 is 0 Å². The molecular weight excluding hydrogens is 260 g/mol. The molecule has 1 aliphatic rings. The summed E-state index contributed by atoms with van der Waals surface area (Å²) in [6, 6.07) is 12.9. The average molecular weight is 284 g/mol. The van der Waals surface area contributed by atoms with E-state index in [1.165, 1.54) is 17.5 Å². The van der Waals surface area contributed by atoms with Crippen LogP contribution in [0.15, 0.2) is 47.1 Å². The first-order valence-electron chi connectivity index (χ1n) is 7.90. The van der Waals surface area contributed by atoms with Gasteiger partial charge in [0.1, 0.15) is 5.76 Å². The zero-order chi connectivity index (χ0) is 14.5. The lowest BCUT2D eigenvalue weighted by atomic mass is 9.99. The summed E-state index contributed by atoms with van der Waals surface area (Å²) in [7, 11) is 0. The maximum absolute atomic E-state index is 5.68. The van der Waals surface area contributed by atoms with Gasteiger partial charge in [-0.15, -0.1) is 0 Å². The summed E-state index contributed by atoms with van der Waals surface area (Å²) in [4.78, 5) is 2.51. The lowest BCUT2D eigenvalue weighted by Gasteiger charge is -2.16. The summed E-state index contributed by atoms with van der Waals surface area (Å²) in [6.45, 7) is 7.23. The lowest BCUT2D eigenvalue weighted by molar-refractivity contribution is 0.292. The van der Waals surface area contributed by atoms with E-state index in [0.29, 0.717) is 5.92 Å². The molecule has 0 amide bonds. The van der Waals surface area contributed by atoms with Crippen molar-refractivity contribution in [2.45, 2.75) is 32.4 Å². The number of nitrogens with one attached hydrogen (secondary N) is 1. The summed E-state index contributed by atoms with van der Waals surface area (Å²) >= 11 is 0. The van der Waals surface area contributed by atoms with Crippen LogP contribution in [0.4, 0.5) is 0 Å². The van der Waals surface area contributed by atoms with Gasteiger partial charge in [-0.1, -0.05) is 37.3 Å². The van der Waals surface area contributed by atoms with E-state index in [9.17, 15) is 0 Å². The Morgan fingerprint density at radius 3 is 2.90 bits per heavy atom. The van der Waals surface area contributed by atoms with Crippen LogP contribution in [-0.2, 0) is 13.1 Å². The van der Waals surface area contributed by atoms with E-state index in [1.54, 1.807) is 0 Å². The van der Waals surface area contributed by atoms with E-state index in [0.717, 1.165) is 38.5 Å². The number of rotatable bonds is 6. The van der Waals surface area contributed by atoms with Crippen molar-refractivity contribution in [3.63, 3.8) is 0 Å². The summed E-state index contributed by atoms with van der Waals surface area (Å²) in [5, 5.41) is 3.37. The van der Waals surface area contributed by atoms with Crippen molar-refractivity contribution in [3.8, 4) is 0 Å². The number of furan rings is 1. The highest BCUT2D eigenvalue weighted by Crippen LogP contribution is 2.28. The molecule has 1 fully saturated rings. The second kappa shape index (κ2) is 6.92. The van der Waals surface area contributed by atoms with Gasteiger partial charge in [-0.2, -0.15) is 0 Å². The third-order valence-corrected chi connectivity index (χ3v) is 4.31. The predicted molar refractivity (Wildman–Crippen MR) is 85.2 cm³/mol. The summed E-state index contributed by atoms with van der Waals surface area (Å²) in [6.07, 6.45) is 3.06. The van der Waals surface area contributed by atoms with Gasteiger partial charge in [-0.3, -0.25) is 4.90 Å². The molecule has 3 rings (SSSR count). The van der Waals surface area contributed by atoms with E-state index in [4.69, 9.17) is 4.42 Å². The first-order chi connectivity index (χ1) is 10.4. The zero-order valence-electron chi connectivity index (χ0n) is 12.7. The minimum atomic E-state index is 0.665. The minimum absolute atomic E-state index is 0.665. The molecule has 0 spiro atoms. The van der Waals surface area contributed by atoms with Crippen molar-refractivity contribution in [1.29, 1.82) is 0 Å². The average Bonchev–Trinajstić information content (AvgIpc) is 3.16. The highest BCUT2D eigenvalue weighted by molar-refractivity contribution is 5.22. The molecule has 1 aromatic carbocycles. The monoisotopic (exact) mass is 284 g/mol. The smallest absolute Gasteiger partial charge is 0.122 e. The SMILES string of the molecule is CCNCc1ccoc1CN1CCC(c2ccccc2)C1. The molecule has 1 unspecified atom stereocenters. The number of likely N-dealkylation sites (tertiary alicyclic amines) is 1. The van der Waals surface area contributed by atoms with Gasteiger partial charge in [0.15, 0.2) is 0 Å². The number of hydrogen-bond donors (Lipinski definition) is 1. The van der Waals surface area contributed by atoms with Crippen LogP contribution < -0.4 is 5.32 Å². The fourth-order valence-corrected chi connectivity index (χ4v) is 3.10. The van der Waals surface area contributed by atoms with E-state index < -0.39 is 0 Å². The molecule has 2 heterocycles. The third-order valence-electron chi connectivity index (χ3n) is 4.31.